The first-order chi connectivity index (χ1) is 15.7. The van der Waals surface area contributed by atoms with E-state index < -0.39 is 10.0 Å². The molecule has 0 bridgehead atoms. The zero-order valence-electron chi connectivity index (χ0n) is 19.4. The SMILES string of the molecule is CCCCCCCOc1ccc(C(=O)NC(=S)Nc2ccc(S(=O)(=O)NC(C)C)cc2)cc1. The average molecular weight is 492 g/mol. The zero-order valence-corrected chi connectivity index (χ0v) is 21.0. The molecule has 0 heterocycles. The second-order valence-corrected chi connectivity index (χ2v) is 10.1. The maximum absolute atomic E-state index is 12.4. The molecule has 0 saturated carbocycles. The Hall–Kier alpha value is -2.49. The smallest absolute Gasteiger partial charge is 0.257 e. The van der Waals surface area contributed by atoms with Gasteiger partial charge in [-0.2, -0.15) is 0 Å². The third kappa shape index (κ3) is 9.49. The topological polar surface area (TPSA) is 96.5 Å². The standard InChI is InChI=1S/C24H33N3O4S2/c1-4-5-6-7-8-17-31-21-13-9-19(10-14-21)23(28)26-24(32)25-20-11-15-22(16-12-20)33(29,30)27-18(2)3/h9-16,18,27H,4-8,17H2,1-3H3,(H2,25,26,28,32). The van der Waals surface area contributed by atoms with E-state index in [9.17, 15) is 13.2 Å². The number of sulfonamides is 1. The minimum atomic E-state index is -3.57. The molecule has 0 unspecified atom stereocenters. The number of benzene rings is 2. The number of nitrogens with one attached hydrogen (secondary N) is 3. The highest BCUT2D eigenvalue weighted by molar-refractivity contribution is 7.89. The predicted molar refractivity (Wildman–Crippen MR) is 136 cm³/mol. The summed E-state index contributed by atoms with van der Waals surface area (Å²) < 4.78 is 32.6. The van der Waals surface area contributed by atoms with Gasteiger partial charge in [0.15, 0.2) is 5.11 Å². The van der Waals surface area contributed by atoms with Crippen LogP contribution in [0, 0.1) is 0 Å². The third-order valence-electron chi connectivity index (χ3n) is 4.67. The first-order valence-corrected chi connectivity index (χ1v) is 13.1. The number of hydrogen-bond donors (Lipinski definition) is 3. The molecule has 0 saturated heterocycles. The summed E-state index contributed by atoms with van der Waals surface area (Å²) in [7, 11) is -3.57. The van der Waals surface area contributed by atoms with E-state index in [0.29, 0.717) is 17.9 Å². The number of carbonyl (C=O) groups is 1. The molecule has 3 N–H and O–H groups in total. The quantitative estimate of drug-likeness (QED) is 0.290. The zero-order chi connectivity index (χ0) is 24.3. The Labute approximate surface area is 202 Å². The Bertz CT molecular complexity index is 1010. The Morgan fingerprint density at radius 2 is 1.61 bits per heavy atom. The second kappa shape index (κ2) is 13.3. The van der Waals surface area contributed by atoms with Gasteiger partial charge < -0.3 is 10.1 Å². The molecule has 0 aliphatic rings. The molecule has 33 heavy (non-hydrogen) atoms. The van der Waals surface area contributed by atoms with E-state index in [0.717, 1.165) is 18.6 Å². The Morgan fingerprint density at radius 1 is 0.970 bits per heavy atom. The monoisotopic (exact) mass is 491 g/mol. The van der Waals surface area contributed by atoms with Crippen molar-refractivity contribution in [3.63, 3.8) is 0 Å². The summed E-state index contributed by atoms with van der Waals surface area (Å²) in [5.74, 6) is 0.378. The normalized spacial score (nSPS) is 11.3. The maximum Gasteiger partial charge on any atom is 0.257 e. The summed E-state index contributed by atoms with van der Waals surface area (Å²) >= 11 is 5.20. The lowest BCUT2D eigenvalue weighted by atomic mass is 10.2. The molecule has 2 rings (SSSR count). The molecule has 2 aromatic rings. The van der Waals surface area contributed by atoms with Crippen LogP contribution in [0.2, 0.25) is 0 Å². The van der Waals surface area contributed by atoms with Gasteiger partial charge in [-0.3, -0.25) is 10.1 Å². The summed E-state index contributed by atoms with van der Waals surface area (Å²) in [6.45, 7) is 6.36. The maximum atomic E-state index is 12.4. The van der Waals surface area contributed by atoms with Gasteiger partial charge in [0.05, 0.1) is 11.5 Å². The largest absolute Gasteiger partial charge is 0.494 e. The van der Waals surface area contributed by atoms with Crippen LogP contribution in [0.3, 0.4) is 0 Å². The van der Waals surface area contributed by atoms with Crippen molar-refractivity contribution in [3.8, 4) is 5.75 Å². The lowest BCUT2D eigenvalue weighted by Gasteiger charge is -2.12. The molecular weight excluding hydrogens is 458 g/mol. The van der Waals surface area contributed by atoms with Crippen molar-refractivity contribution in [2.24, 2.45) is 0 Å². The van der Waals surface area contributed by atoms with Crippen molar-refractivity contribution in [1.29, 1.82) is 0 Å². The molecule has 0 spiro atoms. The molecule has 1 amide bonds. The highest BCUT2D eigenvalue weighted by atomic mass is 32.2. The van der Waals surface area contributed by atoms with E-state index in [-0.39, 0.29) is 22.0 Å². The number of carbonyl (C=O) groups excluding carboxylic acids is 1. The first-order valence-electron chi connectivity index (χ1n) is 11.2. The highest BCUT2D eigenvalue weighted by Gasteiger charge is 2.15. The molecular formula is C24H33N3O4S2. The van der Waals surface area contributed by atoms with Crippen LogP contribution in [0.1, 0.15) is 63.2 Å². The van der Waals surface area contributed by atoms with Crippen molar-refractivity contribution in [2.75, 3.05) is 11.9 Å². The number of thiocarbonyl (C=S) groups is 1. The van der Waals surface area contributed by atoms with Gasteiger partial charge in [0.1, 0.15) is 5.75 Å². The molecule has 7 nitrogen and oxygen atoms in total. The Kier molecular flexibility index (Phi) is 10.8. The van der Waals surface area contributed by atoms with E-state index in [1.54, 1.807) is 50.2 Å². The number of ether oxygens (including phenoxy) is 1. The van der Waals surface area contributed by atoms with Gasteiger partial charge in [0, 0.05) is 17.3 Å². The van der Waals surface area contributed by atoms with Crippen molar-refractivity contribution >= 4 is 38.9 Å². The van der Waals surface area contributed by atoms with Crippen molar-refractivity contribution in [2.45, 2.75) is 63.8 Å². The lowest BCUT2D eigenvalue weighted by Crippen LogP contribution is -2.34. The lowest BCUT2D eigenvalue weighted by molar-refractivity contribution is 0.0977. The van der Waals surface area contributed by atoms with Crippen LogP contribution in [-0.4, -0.2) is 32.1 Å². The molecule has 180 valence electrons. The molecule has 0 aromatic heterocycles. The number of amides is 1. The van der Waals surface area contributed by atoms with Crippen LogP contribution in [0.4, 0.5) is 5.69 Å². The minimum absolute atomic E-state index is 0.114. The Balaban J connectivity index is 1.82. The summed E-state index contributed by atoms with van der Waals surface area (Å²) in [5, 5.41) is 5.61. The van der Waals surface area contributed by atoms with Crippen LogP contribution < -0.4 is 20.1 Å². The van der Waals surface area contributed by atoms with Gasteiger partial charge in [-0.05, 0) is 81.0 Å². The van der Waals surface area contributed by atoms with Gasteiger partial charge in [-0.1, -0.05) is 32.6 Å². The molecule has 2 aromatic carbocycles. The molecule has 9 heteroatoms. The molecule has 0 atom stereocenters. The van der Waals surface area contributed by atoms with Crippen LogP contribution in [0.15, 0.2) is 53.4 Å². The second-order valence-electron chi connectivity index (χ2n) is 8.00. The average Bonchev–Trinajstić information content (AvgIpc) is 2.76. The van der Waals surface area contributed by atoms with Gasteiger partial charge in [0.2, 0.25) is 10.0 Å². The minimum Gasteiger partial charge on any atom is -0.494 e. The van der Waals surface area contributed by atoms with E-state index in [2.05, 4.69) is 22.3 Å². The van der Waals surface area contributed by atoms with E-state index in [1.165, 1.54) is 31.4 Å². The van der Waals surface area contributed by atoms with Crippen LogP contribution in [0.25, 0.3) is 0 Å². The van der Waals surface area contributed by atoms with Crippen LogP contribution >= 0.6 is 12.2 Å². The predicted octanol–water partition coefficient (Wildman–Crippen LogP) is 4.85. The molecule has 0 aliphatic heterocycles. The fourth-order valence-corrected chi connectivity index (χ4v) is 4.49. The van der Waals surface area contributed by atoms with Gasteiger partial charge in [-0.15, -0.1) is 0 Å². The fourth-order valence-electron chi connectivity index (χ4n) is 3.03. The van der Waals surface area contributed by atoms with Gasteiger partial charge >= 0.3 is 0 Å². The van der Waals surface area contributed by atoms with Crippen molar-refractivity contribution < 1.29 is 17.9 Å². The molecule has 0 radical (unpaired) electrons. The molecule has 0 fully saturated rings. The Morgan fingerprint density at radius 3 is 2.21 bits per heavy atom. The third-order valence-corrected chi connectivity index (χ3v) is 6.55. The van der Waals surface area contributed by atoms with Gasteiger partial charge in [0.25, 0.3) is 5.91 Å². The molecule has 0 aliphatic carbocycles. The highest BCUT2D eigenvalue weighted by Crippen LogP contribution is 2.15. The summed E-state index contributed by atoms with van der Waals surface area (Å²) in [6, 6.07) is 12.8. The van der Waals surface area contributed by atoms with E-state index >= 15 is 0 Å². The van der Waals surface area contributed by atoms with Crippen molar-refractivity contribution in [3.05, 3.63) is 54.1 Å². The summed E-state index contributed by atoms with van der Waals surface area (Å²) in [6.07, 6.45) is 5.88. The van der Waals surface area contributed by atoms with Crippen LogP contribution in [-0.2, 0) is 10.0 Å². The number of anilines is 1. The summed E-state index contributed by atoms with van der Waals surface area (Å²) in [4.78, 5) is 12.6. The van der Waals surface area contributed by atoms with Crippen LogP contribution in [0.5, 0.6) is 5.75 Å². The number of unbranched alkanes of at least 4 members (excludes halogenated alkanes) is 4. The van der Waals surface area contributed by atoms with E-state index in [1.807, 2.05) is 0 Å². The number of rotatable bonds is 12. The van der Waals surface area contributed by atoms with E-state index in [4.69, 9.17) is 17.0 Å². The van der Waals surface area contributed by atoms with Gasteiger partial charge in [-0.25, -0.2) is 13.1 Å². The fraction of sp³-hybridized carbons (Fsp3) is 0.417. The number of hydrogen-bond acceptors (Lipinski definition) is 5. The summed E-state index contributed by atoms with van der Waals surface area (Å²) in [5.41, 5.74) is 1.02. The van der Waals surface area contributed by atoms with Crippen molar-refractivity contribution in [1.82, 2.24) is 10.0 Å². The first kappa shape index (κ1) is 26.8.